The fraction of sp³-hybridized carbons (Fsp3) is 0.467. The van der Waals surface area contributed by atoms with Crippen LogP contribution in [0.15, 0.2) is 30.9 Å². The summed E-state index contributed by atoms with van der Waals surface area (Å²) in [7, 11) is 0. The van der Waals surface area contributed by atoms with Crippen molar-refractivity contribution in [2.45, 2.75) is 6.42 Å². The molecule has 0 amide bonds. The van der Waals surface area contributed by atoms with Crippen LogP contribution < -0.4 is 10.1 Å². The van der Waals surface area contributed by atoms with Gasteiger partial charge in [-0.2, -0.15) is 0 Å². The Morgan fingerprint density at radius 1 is 1.37 bits per heavy atom. The van der Waals surface area contributed by atoms with Gasteiger partial charge < -0.3 is 10.1 Å². The predicted octanol–water partition coefficient (Wildman–Crippen LogP) is 2.35. The van der Waals surface area contributed by atoms with Crippen molar-refractivity contribution in [1.29, 1.82) is 0 Å². The highest BCUT2D eigenvalue weighted by molar-refractivity contribution is 6.32. The molecule has 0 spiro atoms. The molecule has 1 saturated heterocycles. The average molecular weight is 281 g/mol. The summed E-state index contributed by atoms with van der Waals surface area (Å²) in [6.45, 7) is 9.69. The SMILES string of the molecule is C=CCc1cccc(Cl)c1OCCN1CCNCC1. The number of hydrogen-bond acceptors (Lipinski definition) is 3. The summed E-state index contributed by atoms with van der Waals surface area (Å²) in [5.41, 5.74) is 1.10. The molecule has 0 bridgehead atoms. The standard InChI is InChI=1S/C15H21ClN2O/c1-2-4-13-5-3-6-14(16)15(13)19-12-11-18-9-7-17-8-10-18/h2-3,5-6,17H,1,4,7-12H2. The largest absolute Gasteiger partial charge is 0.490 e. The first-order chi connectivity index (χ1) is 9.31. The Bertz CT molecular complexity index is 417. The maximum absolute atomic E-state index is 6.20. The quantitative estimate of drug-likeness (QED) is 0.810. The summed E-state index contributed by atoms with van der Waals surface area (Å²) in [4.78, 5) is 2.40. The Labute approximate surface area is 120 Å². The van der Waals surface area contributed by atoms with Gasteiger partial charge in [0.05, 0.1) is 5.02 Å². The molecule has 2 rings (SSSR count). The fourth-order valence-electron chi connectivity index (χ4n) is 2.24. The number of halogens is 1. The molecule has 0 aromatic heterocycles. The molecule has 0 unspecified atom stereocenters. The van der Waals surface area contributed by atoms with Crippen LogP contribution >= 0.6 is 11.6 Å². The number of benzene rings is 1. The minimum atomic E-state index is 0.674. The van der Waals surface area contributed by atoms with Crippen LogP contribution in [0.3, 0.4) is 0 Å². The molecular formula is C15H21ClN2O. The smallest absolute Gasteiger partial charge is 0.141 e. The molecule has 0 aliphatic carbocycles. The maximum atomic E-state index is 6.20. The fourth-order valence-corrected chi connectivity index (χ4v) is 2.49. The highest BCUT2D eigenvalue weighted by Crippen LogP contribution is 2.29. The summed E-state index contributed by atoms with van der Waals surface area (Å²) in [6, 6.07) is 5.85. The Hall–Kier alpha value is -1.03. The molecule has 0 radical (unpaired) electrons. The van der Waals surface area contributed by atoms with E-state index in [1.807, 2.05) is 24.3 Å². The van der Waals surface area contributed by atoms with Gasteiger partial charge in [0.1, 0.15) is 12.4 Å². The maximum Gasteiger partial charge on any atom is 0.141 e. The summed E-state index contributed by atoms with van der Waals surface area (Å²) >= 11 is 6.20. The minimum Gasteiger partial charge on any atom is -0.490 e. The molecule has 4 heteroatoms. The lowest BCUT2D eigenvalue weighted by molar-refractivity contribution is 0.191. The zero-order valence-electron chi connectivity index (χ0n) is 11.2. The van der Waals surface area contributed by atoms with E-state index in [4.69, 9.17) is 16.3 Å². The Kier molecular flexibility index (Phi) is 5.70. The molecule has 1 N–H and O–H groups in total. The highest BCUT2D eigenvalue weighted by Gasteiger charge is 2.11. The summed E-state index contributed by atoms with van der Waals surface area (Å²) in [5.74, 6) is 0.805. The van der Waals surface area contributed by atoms with Crippen molar-refractivity contribution in [3.8, 4) is 5.75 Å². The summed E-state index contributed by atoms with van der Waals surface area (Å²) in [5, 5.41) is 4.02. The van der Waals surface area contributed by atoms with E-state index in [1.54, 1.807) is 0 Å². The topological polar surface area (TPSA) is 24.5 Å². The molecule has 1 fully saturated rings. The van der Waals surface area contributed by atoms with E-state index in [-0.39, 0.29) is 0 Å². The number of allylic oxidation sites excluding steroid dienone is 1. The highest BCUT2D eigenvalue weighted by atomic mass is 35.5. The van der Waals surface area contributed by atoms with E-state index in [2.05, 4.69) is 16.8 Å². The number of ether oxygens (including phenoxy) is 1. The molecule has 19 heavy (non-hydrogen) atoms. The van der Waals surface area contributed by atoms with Gasteiger partial charge in [-0.15, -0.1) is 6.58 Å². The van der Waals surface area contributed by atoms with Crippen molar-refractivity contribution in [3.63, 3.8) is 0 Å². The van der Waals surface area contributed by atoms with Crippen LogP contribution in [0.1, 0.15) is 5.56 Å². The van der Waals surface area contributed by atoms with Crippen molar-refractivity contribution in [1.82, 2.24) is 10.2 Å². The number of piperazine rings is 1. The zero-order chi connectivity index (χ0) is 13.5. The zero-order valence-corrected chi connectivity index (χ0v) is 12.0. The molecule has 0 saturated carbocycles. The lowest BCUT2D eigenvalue weighted by Crippen LogP contribution is -2.44. The summed E-state index contributed by atoms with van der Waals surface area (Å²) in [6.07, 6.45) is 2.65. The Morgan fingerprint density at radius 3 is 2.89 bits per heavy atom. The third-order valence-corrected chi connectivity index (χ3v) is 3.57. The molecule has 1 aromatic rings. The number of rotatable bonds is 6. The van der Waals surface area contributed by atoms with E-state index in [9.17, 15) is 0 Å². The molecular weight excluding hydrogens is 260 g/mol. The van der Waals surface area contributed by atoms with Crippen molar-refractivity contribution >= 4 is 11.6 Å². The second-order valence-corrected chi connectivity index (χ2v) is 5.07. The van der Waals surface area contributed by atoms with Crippen molar-refractivity contribution in [2.75, 3.05) is 39.3 Å². The van der Waals surface area contributed by atoms with Gasteiger partial charge in [-0.25, -0.2) is 0 Å². The Morgan fingerprint density at radius 2 is 2.16 bits per heavy atom. The van der Waals surface area contributed by atoms with Gasteiger partial charge in [0.2, 0.25) is 0 Å². The first-order valence-corrected chi connectivity index (χ1v) is 7.13. The van der Waals surface area contributed by atoms with Gasteiger partial charge >= 0.3 is 0 Å². The molecule has 1 aromatic carbocycles. The lowest BCUT2D eigenvalue weighted by atomic mass is 10.1. The van der Waals surface area contributed by atoms with E-state index in [0.717, 1.165) is 50.5 Å². The second-order valence-electron chi connectivity index (χ2n) is 4.66. The van der Waals surface area contributed by atoms with Gasteiger partial charge in [-0.05, 0) is 18.1 Å². The van der Waals surface area contributed by atoms with Crippen molar-refractivity contribution in [3.05, 3.63) is 41.4 Å². The van der Waals surface area contributed by atoms with Crippen LogP contribution in [0.25, 0.3) is 0 Å². The van der Waals surface area contributed by atoms with Crippen LogP contribution in [0.5, 0.6) is 5.75 Å². The van der Waals surface area contributed by atoms with Crippen LogP contribution in [0, 0.1) is 0 Å². The Balaban J connectivity index is 1.89. The van der Waals surface area contributed by atoms with Crippen molar-refractivity contribution in [2.24, 2.45) is 0 Å². The van der Waals surface area contributed by atoms with E-state index >= 15 is 0 Å². The van der Waals surface area contributed by atoms with Gasteiger partial charge in [0.15, 0.2) is 0 Å². The van der Waals surface area contributed by atoms with Crippen LogP contribution in [0.4, 0.5) is 0 Å². The monoisotopic (exact) mass is 280 g/mol. The first kappa shape index (κ1) is 14.4. The molecule has 1 aliphatic rings. The molecule has 1 heterocycles. The second kappa shape index (κ2) is 7.53. The third kappa shape index (κ3) is 4.23. The predicted molar refractivity (Wildman–Crippen MR) is 80.2 cm³/mol. The van der Waals surface area contributed by atoms with Crippen molar-refractivity contribution < 1.29 is 4.74 Å². The molecule has 0 atom stereocenters. The number of nitrogens with one attached hydrogen (secondary N) is 1. The average Bonchev–Trinajstić information content (AvgIpc) is 2.43. The van der Waals surface area contributed by atoms with Crippen LogP contribution in [0.2, 0.25) is 5.02 Å². The lowest BCUT2D eigenvalue weighted by Gasteiger charge is -2.27. The number of hydrogen-bond donors (Lipinski definition) is 1. The van der Waals surface area contributed by atoms with Gasteiger partial charge in [-0.1, -0.05) is 29.8 Å². The van der Waals surface area contributed by atoms with Crippen LogP contribution in [-0.4, -0.2) is 44.2 Å². The molecule has 3 nitrogen and oxygen atoms in total. The number of nitrogens with zero attached hydrogens (tertiary/aromatic N) is 1. The minimum absolute atomic E-state index is 0.674. The molecule has 104 valence electrons. The third-order valence-electron chi connectivity index (χ3n) is 3.28. The normalized spacial score (nSPS) is 16.3. The first-order valence-electron chi connectivity index (χ1n) is 6.75. The summed E-state index contributed by atoms with van der Waals surface area (Å²) < 4.78 is 5.88. The van der Waals surface area contributed by atoms with Gasteiger partial charge in [0.25, 0.3) is 0 Å². The molecule has 1 aliphatic heterocycles. The van der Waals surface area contributed by atoms with E-state index in [0.29, 0.717) is 11.6 Å². The van der Waals surface area contributed by atoms with Gasteiger partial charge in [-0.3, -0.25) is 4.90 Å². The van der Waals surface area contributed by atoms with Crippen LogP contribution in [-0.2, 0) is 6.42 Å². The van der Waals surface area contributed by atoms with E-state index < -0.39 is 0 Å². The number of para-hydroxylation sites is 1. The van der Waals surface area contributed by atoms with E-state index in [1.165, 1.54) is 0 Å². The van der Waals surface area contributed by atoms with Gasteiger partial charge in [0, 0.05) is 32.7 Å².